The number of likely N-dealkylation sites (tertiary alicyclic amines) is 2. The molecule has 66 heavy (non-hydrogen) atoms. The van der Waals surface area contributed by atoms with Gasteiger partial charge < -0.3 is 44.6 Å². The number of imidazole rings is 2. The summed E-state index contributed by atoms with van der Waals surface area (Å²) < 4.78 is 35.7. The second-order valence-corrected chi connectivity index (χ2v) is 19.3. The molecule has 4 N–H and O–H groups in total. The number of rotatable bonds is 11. The number of carbonyl (C=O) groups excluding carboxylic acids is 4. The van der Waals surface area contributed by atoms with Gasteiger partial charge in [-0.25, -0.2) is 23.9 Å². The topological polar surface area (TPSA) is 189 Å². The number of alkyl carbamates (subject to hydrolysis) is 2. The maximum absolute atomic E-state index is 16.8. The van der Waals surface area contributed by atoms with Gasteiger partial charge in [0.2, 0.25) is 18.0 Å². The van der Waals surface area contributed by atoms with E-state index in [2.05, 4.69) is 25.6 Å². The lowest BCUT2D eigenvalue weighted by Crippen LogP contribution is -2.51. The predicted molar refractivity (Wildman–Crippen MR) is 246 cm³/mol. The highest BCUT2D eigenvalue weighted by Crippen LogP contribution is 2.48. The van der Waals surface area contributed by atoms with Crippen LogP contribution in [0.5, 0.6) is 5.75 Å². The van der Waals surface area contributed by atoms with Gasteiger partial charge in [0.15, 0.2) is 0 Å². The molecular formula is C47H51ClFN9O7S. The summed E-state index contributed by atoms with van der Waals surface area (Å²) in [5.41, 5.74) is 4.40. The second kappa shape index (κ2) is 18.1. The van der Waals surface area contributed by atoms with Crippen LogP contribution in [0.4, 0.5) is 14.0 Å². The summed E-state index contributed by atoms with van der Waals surface area (Å²) in [5, 5.41) is 6.21. The van der Waals surface area contributed by atoms with Crippen molar-refractivity contribution in [2.75, 3.05) is 27.3 Å². The van der Waals surface area contributed by atoms with Gasteiger partial charge in [-0.1, -0.05) is 45.4 Å². The zero-order valence-corrected chi connectivity index (χ0v) is 38.9. The Morgan fingerprint density at radius 1 is 0.803 bits per heavy atom. The summed E-state index contributed by atoms with van der Waals surface area (Å²) in [4.78, 5) is 72.3. The zero-order chi connectivity index (χ0) is 46.6. The minimum Gasteiger partial charge on any atom is -0.464 e. The molecule has 0 saturated carbocycles. The Morgan fingerprint density at radius 2 is 1.38 bits per heavy atom. The summed E-state index contributed by atoms with van der Waals surface area (Å²) in [6, 6.07) is 12.7. The molecule has 6 aromatic rings. The van der Waals surface area contributed by atoms with Crippen LogP contribution in [0.15, 0.2) is 60.9 Å². The first-order chi connectivity index (χ1) is 31.7. The zero-order valence-electron chi connectivity index (χ0n) is 37.3. The summed E-state index contributed by atoms with van der Waals surface area (Å²) >= 11 is 7.86. The number of ether oxygens (including phenoxy) is 3. The molecule has 3 aliphatic rings. The third-order valence-electron chi connectivity index (χ3n) is 12.8. The minimum atomic E-state index is -0.777. The van der Waals surface area contributed by atoms with Gasteiger partial charge >= 0.3 is 12.2 Å². The minimum absolute atomic E-state index is 0.157. The first-order valence-corrected chi connectivity index (χ1v) is 23.2. The predicted octanol–water partition coefficient (Wildman–Crippen LogP) is 8.97. The Hall–Kier alpha value is -6.40. The van der Waals surface area contributed by atoms with Gasteiger partial charge in [-0.2, -0.15) is 0 Å². The highest BCUT2D eigenvalue weighted by molar-refractivity contribution is 7.16. The molecule has 346 valence electrons. The smallest absolute Gasteiger partial charge is 0.407 e. The molecule has 0 radical (unpaired) electrons. The quantitative estimate of drug-likeness (QED) is 0.0983. The first kappa shape index (κ1) is 44.8. The van der Waals surface area contributed by atoms with Crippen LogP contribution in [0.3, 0.4) is 0 Å². The molecule has 5 unspecified atom stereocenters. The maximum Gasteiger partial charge on any atom is 0.407 e. The summed E-state index contributed by atoms with van der Waals surface area (Å²) in [7, 11) is 2.53. The number of methoxy groups -OCH3 is 2. The number of amides is 4. The van der Waals surface area contributed by atoms with Crippen molar-refractivity contribution in [3.63, 3.8) is 0 Å². The number of aromatic amines is 2. The Balaban J connectivity index is 1.02. The second-order valence-electron chi connectivity index (χ2n) is 17.6. The number of nitrogens with zero attached hydrogens (tertiary/aromatic N) is 5. The SMILES string of the molecule is COC(=O)NC(C(=O)N1CCCC1c1ncc(-c2cc(F)c3c(c2)OC(c2ccc(Cl)s2)n2c-3cc3cc(-c4cnc(C5CCCN5C(=O)C(NC(=O)OC)C(C)C)[nH]4)ccc32)[nH]1)C(C)C. The molecule has 2 fully saturated rings. The highest BCUT2D eigenvalue weighted by atomic mass is 35.5. The number of hydrogen-bond donors (Lipinski definition) is 4. The molecule has 2 saturated heterocycles. The van der Waals surface area contributed by atoms with Crippen molar-refractivity contribution in [3.05, 3.63) is 87.6 Å². The Labute approximate surface area is 389 Å². The van der Waals surface area contributed by atoms with Crippen molar-refractivity contribution in [1.29, 1.82) is 0 Å². The van der Waals surface area contributed by atoms with Crippen molar-refractivity contribution in [2.45, 2.75) is 83.8 Å². The number of halogens is 2. The van der Waals surface area contributed by atoms with Crippen LogP contribution in [0, 0.1) is 17.7 Å². The number of nitrogens with one attached hydrogen (secondary N) is 4. The Kier molecular flexibility index (Phi) is 12.3. The molecule has 7 heterocycles. The van der Waals surface area contributed by atoms with E-state index in [1.54, 1.807) is 28.3 Å². The van der Waals surface area contributed by atoms with E-state index in [1.807, 2.05) is 68.7 Å². The highest BCUT2D eigenvalue weighted by Gasteiger charge is 2.40. The molecule has 0 aliphatic carbocycles. The molecule has 3 aliphatic heterocycles. The lowest BCUT2D eigenvalue weighted by atomic mass is 10.0. The van der Waals surface area contributed by atoms with Gasteiger partial charge in [0, 0.05) is 29.6 Å². The molecule has 4 aromatic heterocycles. The van der Waals surface area contributed by atoms with Gasteiger partial charge in [-0.05, 0) is 80.0 Å². The van der Waals surface area contributed by atoms with E-state index in [0.717, 1.165) is 39.9 Å². The molecule has 9 rings (SSSR count). The number of benzene rings is 2. The summed E-state index contributed by atoms with van der Waals surface area (Å²) in [6.45, 7) is 8.52. The van der Waals surface area contributed by atoms with E-state index < -0.39 is 36.3 Å². The number of aromatic nitrogens is 5. The van der Waals surface area contributed by atoms with Crippen LogP contribution in [0.25, 0.3) is 44.7 Å². The normalized spacial score (nSPS) is 18.8. The lowest BCUT2D eigenvalue weighted by Gasteiger charge is -2.30. The third-order valence-corrected chi connectivity index (χ3v) is 14.0. The average molecular weight is 940 g/mol. The van der Waals surface area contributed by atoms with Crippen molar-refractivity contribution in [3.8, 4) is 39.5 Å². The molecule has 19 heteroatoms. The van der Waals surface area contributed by atoms with Gasteiger partial charge in [0.05, 0.1) is 76.1 Å². The van der Waals surface area contributed by atoms with Crippen LogP contribution in [-0.4, -0.2) is 97.7 Å². The first-order valence-electron chi connectivity index (χ1n) is 22.1. The fourth-order valence-electron chi connectivity index (χ4n) is 9.44. The van der Waals surface area contributed by atoms with E-state index in [0.29, 0.717) is 70.2 Å². The van der Waals surface area contributed by atoms with Crippen molar-refractivity contribution < 1.29 is 37.8 Å². The van der Waals surface area contributed by atoms with E-state index >= 15 is 4.39 Å². The number of fused-ring (bicyclic) bond motifs is 5. The van der Waals surface area contributed by atoms with Crippen LogP contribution in [0.2, 0.25) is 4.34 Å². The monoisotopic (exact) mass is 939 g/mol. The standard InChI is InChI=1S/C47H51ClFN9O7S/c1-23(2)39(54-46(61)63-5)43(59)56-15-7-9-32(56)41-50-21-29(52-41)25-11-12-31-27(17-25)19-34-38-28(49)18-26(20-35(38)65-45(58(31)34)36-13-14-37(48)66-36)30-22-51-42(53-30)33-10-8-16-57(33)44(60)40(24(3)4)55-47(62)64-6/h11-14,17-24,32-33,39-40,45H,7-10,15-16H2,1-6H3,(H,50,52)(H,51,53)(H,54,61)(H,55,62). The molecule has 16 nitrogen and oxygen atoms in total. The summed E-state index contributed by atoms with van der Waals surface area (Å²) in [6.07, 6.45) is 4.31. The van der Waals surface area contributed by atoms with Crippen LogP contribution < -0.4 is 15.4 Å². The molecular weight excluding hydrogens is 889 g/mol. The van der Waals surface area contributed by atoms with Gasteiger partial charge in [0.25, 0.3) is 0 Å². The molecule has 0 bridgehead atoms. The van der Waals surface area contributed by atoms with E-state index in [4.69, 9.17) is 30.8 Å². The Bertz CT molecular complexity index is 2830. The van der Waals surface area contributed by atoms with E-state index in [9.17, 15) is 19.2 Å². The van der Waals surface area contributed by atoms with Crippen LogP contribution in [0.1, 0.15) is 88.2 Å². The van der Waals surface area contributed by atoms with E-state index in [1.165, 1.54) is 31.6 Å². The van der Waals surface area contributed by atoms with Crippen molar-refractivity contribution in [1.82, 2.24) is 44.9 Å². The molecule has 2 aromatic carbocycles. The number of hydrogen-bond acceptors (Lipinski definition) is 10. The van der Waals surface area contributed by atoms with Crippen molar-refractivity contribution in [2.24, 2.45) is 11.8 Å². The van der Waals surface area contributed by atoms with Crippen LogP contribution in [-0.2, 0) is 19.1 Å². The molecule has 0 spiro atoms. The molecule has 4 amide bonds. The van der Waals surface area contributed by atoms with Crippen molar-refractivity contribution >= 4 is 57.8 Å². The average Bonchev–Trinajstić information content (AvgIpc) is 4.16. The van der Waals surface area contributed by atoms with Gasteiger partial charge in [-0.3, -0.25) is 14.2 Å². The largest absolute Gasteiger partial charge is 0.464 e. The number of H-pyrrole nitrogens is 2. The summed E-state index contributed by atoms with van der Waals surface area (Å²) in [5.74, 6) is 0.301. The third kappa shape index (κ3) is 8.25. The number of thiophene rings is 1. The van der Waals surface area contributed by atoms with Gasteiger partial charge in [-0.15, -0.1) is 11.3 Å². The lowest BCUT2D eigenvalue weighted by molar-refractivity contribution is -0.136. The Morgan fingerprint density at radius 3 is 1.91 bits per heavy atom. The van der Waals surface area contributed by atoms with Crippen LogP contribution >= 0.6 is 22.9 Å². The fraction of sp³-hybridized carbons (Fsp3) is 0.404. The molecule has 5 atom stereocenters. The fourth-order valence-corrected chi connectivity index (χ4v) is 10.5. The van der Waals surface area contributed by atoms with E-state index in [-0.39, 0.29) is 35.7 Å². The maximum atomic E-state index is 16.8. The van der Waals surface area contributed by atoms with Gasteiger partial charge in [0.1, 0.15) is 35.3 Å². The number of carbonyl (C=O) groups is 4.